The number of nitrogens with one attached hydrogen (secondary N) is 1. The molecule has 0 aliphatic carbocycles. The predicted molar refractivity (Wildman–Crippen MR) is 77.0 cm³/mol. The van der Waals surface area contributed by atoms with E-state index in [0.717, 1.165) is 37.7 Å². The van der Waals surface area contributed by atoms with Crippen molar-refractivity contribution < 1.29 is 4.79 Å². The average Bonchev–Trinajstić information content (AvgIpc) is 2.79. The molecule has 1 amide bonds. The number of amides is 1. The highest BCUT2D eigenvalue weighted by Gasteiger charge is 2.22. The van der Waals surface area contributed by atoms with Crippen molar-refractivity contribution >= 4 is 5.91 Å². The highest BCUT2D eigenvalue weighted by molar-refractivity contribution is 5.93. The Morgan fingerprint density at radius 3 is 2.95 bits per heavy atom. The number of likely N-dealkylation sites (tertiary alicyclic amines) is 1. The van der Waals surface area contributed by atoms with Gasteiger partial charge < -0.3 is 11.1 Å². The Balaban J connectivity index is 1.98. The van der Waals surface area contributed by atoms with E-state index in [4.69, 9.17) is 5.73 Å². The van der Waals surface area contributed by atoms with Crippen molar-refractivity contribution in [2.24, 2.45) is 11.7 Å². The molecule has 1 aromatic carbocycles. The molecule has 1 unspecified atom stereocenters. The van der Waals surface area contributed by atoms with Crippen LogP contribution in [0.5, 0.6) is 0 Å². The summed E-state index contributed by atoms with van der Waals surface area (Å²) in [7, 11) is 2.01. The van der Waals surface area contributed by atoms with Crippen LogP contribution < -0.4 is 11.1 Å². The lowest BCUT2D eigenvalue weighted by atomic mass is 10.0. The second-order valence-corrected chi connectivity index (χ2v) is 5.45. The first-order chi connectivity index (χ1) is 9.10. The van der Waals surface area contributed by atoms with Crippen LogP contribution in [0.4, 0.5) is 0 Å². The van der Waals surface area contributed by atoms with Crippen molar-refractivity contribution in [3.8, 4) is 0 Å². The maximum atomic E-state index is 11.1. The zero-order valence-corrected chi connectivity index (χ0v) is 11.8. The fourth-order valence-corrected chi connectivity index (χ4v) is 2.78. The van der Waals surface area contributed by atoms with E-state index in [9.17, 15) is 4.79 Å². The number of hydrogen-bond acceptors (Lipinski definition) is 3. The van der Waals surface area contributed by atoms with Crippen molar-refractivity contribution in [1.29, 1.82) is 0 Å². The maximum Gasteiger partial charge on any atom is 0.248 e. The summed E-state index contributed by atoms with van der Waals surface area (Å²) in [5.41, 5.74) is 8.32. The summed E-state index contributed by atoms with van der Waals surface area (Å²) in [6, 6.07) is 5.74. The molecule has 104 valence electrons. The number of carbonyl (C=O) groups excluding carboxylic acids is 1. The highest BCUT2D eigenvalue weighted by Crippen LogP contribution is 2.20. The molecule has 1 atom stereocenters. The number of nitrogens with two attached hydrogens (primary N) is 1. The van der Waals surface area contributed by atoms with Gasteiger partial charge in [-0.15, -0.1) is 0 Å². The summed E-state index contributed by atoms with van der Waals surface area (Å²) in [4.78, 5) is 13.6. The monoisotopic (exact) mass is 261 g/mol. The first-order valence-electron chi connectivity index (χ1n) is 6.86. The molecule has 4 nitrogen and oxygen atoms in total. The average molecular weight is 261 g/mol. The molecule has 1 saturated heterocycles. The Morgan fingerprint density at radius 1 is 1.53 bits per heavy atom. The fraction of sp³-hybridized carbons (Fsp3) is 0.533. The molecule has 0 spiro atoms. The van der Waals surface area contributed by atoms with Crippen molar-refractivity contribution in [2.45, 2.75) is 19.9 Å². The smallest absolute Gasteiger partial charge is 0.248 e. The largest absolute Gasteiger partial charge is 0.366 e. The van der Waals surface area contributed by atoms with Gasteiger partial charge in [-0.3, -0.25) is 9.69 Å². The molecule has 1 aliphatic heterocycles. The molecule has 0 bridgehead atoms. The minimum absolute atomic E-state index is 0.357. The Kier molecular flexibility index (Phi) is 4.56. The fourth-order valence-electron chi connectivity index (χ4n) is 2.78. The number of nitrogens with zero attached hydrogens (tertiary/aromatic N) is 1. The number of benzene rings is 1. The molecule has 4 heteroatoms. The van der Waals surface area contributed by atoms with Crippen molar-refractivity contribution in [3.63, 3.8) is 0 Å². The summed E-state index contributed by atoms with van der Waals surface area (Å²) in [5.74, 6) is 0.403. The van der Waals surface area contributed by atoms with Gasteiger partial charge in [-0.1, -0.05) is 6.07 Å². The molecule has 19 heavy (non-hydrogen) atoms. The predicted octanol–water partition coefficient (Wildman–Crippen LogP) is 1.14. The van der Waals surface area contributed by atoms with E-state index in [1.165, 1.54) is 12.0 Å². The Morgan fingerprint density at radius 2 is 2.32 bits per heavy atom. The van der Waals surface area contributed by atoms with Gasteiger partial charge in [0.1, 0.15) is 0 Å². The Hall–Kier alpha value is -1.39. The van der Waals surface area contributed by atoms with Gasteiger partial charge in [0.25, 0.3) is 0 Å². The maximum absolute atomic E-state index is 11.1. The second-order valence-electron chi connectivity index (χ2n) is 5.45. The summed E-state index contributed by atoms with van der Waals surface area (Å²) < 4.78 is 0. The van der Waals surface area contributed by atoms with E-state index in [0.29, 0.717) is 5.56 Å². The van der Waals surface area contributed by atoms with E-state index < -0.39 is 0 Å². The van der Waals surface area contributed by atoms with Crippen molar-refractivity contribution in [3.05, 3.63) is 34.9 Å². The van der Waals surface area contributed by atoms with Gasteiger partial charge in [-0.25, -0.2) is 0 Å². The van der Waals surface area contributed by atoms with Crippen LogP contribution in [0.1, 0.15) is 27.9 Å². The first-order valence-corrected chi connectivity index (χ1v) is 6.86. The van der Waals surface area contributed by atoms with Crippen molar-refractivity contribution in [1.82, 2.24) is 10.2 Å². The van der Waals surface area contributed by atoms with Crippen LogP contribution >= 0.6 is 0 Å². The van der Waals surface area contributed by atoms with Crippen molar-refractivity contribution in [2.75, 3.05) is 26.7 Å². The number of hydrogen-bond donors (Lipinski definition) is 2. The van der Waals surface area contributed by atoms with Gasteiger partial charge in [0, 0.05) is 18.7 Å². The van der Waals surface area contributed by atoms with E-state index in [1.54, 1.807) is 0 Å². The first kappa shape index (κ1) is 14.0. The zero-order valence-electron chi connectivity index (χ0n) is 11.8. The van der Waals surface area contributed by atoms with Crippen LogP contribution in [0, 0.1) is 12.8 Å². The lowest BCUT2D eigenvalue weighted by Gasteiger charge is -2.17. The topological polar surface area (TPSA) is 58.4 Å². The molecule has 2 rings (SSSR count). The van der Waals surface area contributed by atoms with E-state index in [2.05, 4.69) is 10.2 Å². The van der Waals surface area contributed by atoms with E-state index in [1.807, 2.05) is 32.2 Å². The minimum atomic E-state index is -0.357. The molecule has 1 fully saturated rings. The standard InChI is InChI=1S/C15H23N3O/c1-11-7-13(15(16)19)3-4-14(11)10-18-6-5-12(9-18)8-17-2/h3-4,7,12,17H,5-6,8-10H2,1-2H3,(H2,16,19). The van der Waals surface area contributed by atoms with Gasteiger partial charge in [-0.2, -0.15) is 0 Å². The minimum Gasteiger partial charge on any atom is -0.366 e. The normalized spacial score (nSPS) is 19.8. The second kappa shape index (κ2) is 6.17. The van der Waals surface area contributed by atoms with E-state index in [-0.39, 0.29) is 5.91 Å². The number of primary amides is 1. The summed E-state index contributed by atoms with van der Waals surface area (Å²) >= 11 is 0. The van der Waals surface area contributed by atoms with Gasteiger partial charge >= 0.3 is 0 Å². The Bertz CT molecular complexity index is 459. The zero-order chi connectivity index (χ0) is 13.8. The SMILES string of the molecule is CNCC1CCN(Cc2ccc(C(N)=O)cc2C)C1. The van der Waals surface area contributed by atoms with E-state index >= 15 is 0 Å². The molecule has 0 aromatic heterocycles. The summed E-state index contributed by atoms with van der Waals surface area (Å²) in [5, 5.41) is 3.25. The molecule has 1 aromatic rings. The van der Waals surface area contributed by atoms with Crippen LogP contribution in [0.15, 0.2) is 18.2 Å². The summed E-state index contributed by atoms with van der Waals surface area (Å²) in [6.07, 6.45) is 1.26. The molecule has 0 radical (unpaired) electrons. The van der Waals surface area contributed by atoms with Crippen LogP contribution in [-0.4, -0.2) is 37.5 Å². The number of rotatable bonds is 5. The lowest BCUT2D eigenvalue weighted by molar-refractivity contribution is 0.1000. The third kappa shape index (κ3) is 3.55. The molecule has 1 heterocycles. The summed E-state index contributed by atoms with van der Waals surface area (Å²) in [6.45, 7) is 6.41. The van der Waals surface area contributed by atoms with Gasteiger partial charge in [0.05, 0.1) is 0 Å². The van der Waals surface area contributed by atoms with Gasteiger partial charge in [0.2, 0.25) is 5.91 Å². The lowest BCUT2D eigenvalue weighted by Crippen LogP contribution is -2.24. The quantitative estimate of drug-likeness (QED) is 0.835. The van der Waals surface area contributed by atoms with Gasteiger partial charge in [0.15, 0.2) is 0 Å². The van der Waals surface area contributed by atoms with Crippen LogP contribution in [-0.2, 0) is 6.54 Å². The van der Waals surface area contributed by atoms with Gasteiger partial charge in [-0.05, 0) is 62.7 Å². The molecular formula is C15H23N3O. The number of aryl methyl sites for hydroxylation is 1. The molecular weight excluding hydrogens is 238 g/mol. The Labute approximate surface area is 115 Å². The third-order valence-corrected chi connectivity index (χ3v) is 3.88. The third-order valence-electron chi connectivity index (χ3n) is 3.88. The number of carbonyl (C=O) groups is 1. The molecule has 3 N–H and O–H groups in total. The van der Waals surface area contributed by atoms with Crippen LogP contribution in [0.25, 0.3) is 0 Å². The molecule has 0 saturated carbocycles. The van der Waals surface area contributed by atoms with Crippen LogP contribution in [0.3, 0.4) is 0 Å². The molecule has 1 aliphatic rings. The van der Waals surface area contributed by atoms with Crippen LogP contribution in [0.2, 0.25) is 0 Å². The highest BCUT2D eigenvalue weighted by atomic mass is 16.1.